The van der Waals surface area contributed by atoms with E-state index >= 15 is 0 Å². The Kier molecular flexibility index (Phi) is 7.86. The molecule has 0 radical (unpaired) electrons. The van der Waals surface area contributed by atoms with Gasteiger partial charge in [-0.05, 0) is 23.6 Å². The summed E-state index contributed by atoms with van der Waals surface area (Å²) in [5.41, 5.74) is 1.02. The van der Waals surface area contributed by atoms with Crippen LogP contribution < -0.4 is 15.4 Å². The standard InChI is InChI=1S/C22H27N3O3S/c1-23-22(24-11-12-28-15-17-8-3-5-9-19(17)27-2)25-14-18(26)21-13-16-7-4-6-10-20(16)29-21/h3-10,13,18,26H,11-12,14-15H2,1-2H3,(H2,23,24,25). The van der Waals surface area contributed by atoms with Crippen molar-refractivity contribution in [3.63, 3.8) is 0 Å². The van der Waals surface area contributed by atoms with Crippen LogP contribution in [0.25, 0.3) is 10.1 Å². The molecule has 7 heteroatoms. The zero-order valence-electron chi connectivity index (χ0n) is 16.7. The van der Waals surface area contributed by atoms with Crippen molar-refractivity contribution < 1.29 is 14.6 Å². The number of aliphatic imine (C=N–C) groups is 1. The number of nitrogens with zero attached hydrogens (tertiary/aromatic N) is 1. The minimum absolute atomic E-state index is 0.383. The average molecular weight is 414 g/mol. The van der Waals surface area contributed by atoms with Gasteiger partial charge in [-0.25, -0.2) is 0 Å². The number of rotatable bonds is 9. The maximum absolute atomic E-state index is 10.5. The van der Waals surface area contributed by atoms with Crippen LogP contribution in [-0.2, 0) is 11.3 Å². The number of para-hydroxylation sites is 1. The number of ether oxygens (including phenoxy) is 2. The molecular formula is C22H27N3O3S. The summed E-state index contributed by atoms with van der Waals surface area (Å²) >= 11 is 1.61. The number of nitrogens with one attached hydrogen (secondary N) is 2. The Labute approximate surface area is 175 Å². The number of aliphatic hydroxyl groups excluding tert-OH is 1. The third kappa shape index (κ3) is 5.93. The largest absolute Gasteiger partial charge is 0.496 e. The smallest absolute Gasteiger partial charge is 0.191 e. The predicted molar refractivity (Wildman–Crippen MR) is 119 cm³/mol. The second-order valence-corrected chi connectivity index (χ2v) is 7.56. The normalized spacial score (nSPS) is 12.7. The Bertz CT molecular complexity index is 909. The van der Waals surface area contributed by atoms with Gasteiger partial charge >= 0.3 is 0 Å². The van der Waals surface area contributed by atoms with Crippen molar-refractivity contribution in [3.8, 4) is 5.75 Å². The van der Waals surface area contributed by atoms with Crippen molar-refractivity contribution in [2.24, 2.45) is 4.99 Å². The zero-order valence-corrected chi connectivity index (χ0v) is 17.5. The van der Waals surface area contributed by atoms with Crippen LogP contribution in [-0.4, -0.2) is 44.9 Å². The molecule has 3 N–H and O–H groups in total. The molecular weight excluding hydrogens is 386 g/mol. The summed E-state index contributed by atoms with van der Waals surface area (Å²) in [5.74, 6) is 1.46. The molecule has 6 nitrogen and oxygen atoms in total. The molecule has 0 aliphatic rings. The fraction of sp³-hybridized carbons (Fsp3) is 0.318. The maximum atomic E-state index is 10.5. The number of guanidine groups is 1. The number of methoxy groups -OCH3 is 1. The van der Waals surface area contributed by atoms with Crippen LogP contribution in [0.4, 0.5) is 0 Å². The van der Waals surface area contributed by atoms with E-state index in [4.69, 9.17) is 9.47 Å². The first kappa shape index (κ1) is 21.1. The van der Waals surface area contributed by atoms with E-state index in [1.165, 1.54) is 4.70 Å². The van der Waals surface area contributed by atoms with Crippen LogP contribution in [0.2, 0.25) is 0 Å². The molecule has 3 rings (SSSR count). The van der Waals surface area contributed by atoms with Crippen molar-refractivity contribution in [1.29, 1.82) is 0 Å². The van der Waals surface area contributed by atoms with E-state index in [0.29, 0.717) is 32.3 Å². The second-order valence-electron chi connectivity index (χ2n) is 6.45. The Balaban J connectivity index is 1.39. The Morgan fingerprint density at radius 2 is 1.93 bits per heavy atom. The molecule has 1 heterocycles. The highest BCUT2D eigenvalue weighted by Gasteiger charge is 2.12. The van der Waals surface area contributed by atoms with Crippen molar-refractivity contribution in [1.82, 2.24) is 10.6 Å². The van der Waals surface area contributed by atoms with Crippen LogP contribution in [0.15, 0.2) is 59.6 Å². The maximum Gasteiger partial charge on any atom is 0.191 e. The first-order valence-electron chi connectivity index (χ1n) is 9.52. The van der Waals surface area contributed by atoms with Gasteiger partial charge in [0.1, 0.15) is 11.9 Å². The van der Waals surface area contributed by atoms with Gasteiger partial charge in [0.25, 0.3) is 0 Å². The van der Waals surface area contributed by atoms with Gasteiger partial charge < -0.3 is 25.2 Å². The van der Waals surface area contributed by atoms with Crippen LogP contribution in [0.1, 0.15) is 16.5 Å². The molecule has 1 atom stereocenters. The van der Waals surface area contributed by atoms with Crippen LogP contribution >= 0.6 is 11.3 Å². The summed E-state index contributed by atoms with van der Waals surface area (Å²) in [4.78, 5) is 5.13. The minimum Gasteiger partial charge on any atom is -0.496 e. The summed E-state index contributed by atoms with van der Waals surface area (Å²) < 4.78 is 12.2. The molecule has 1 unspecified atom stereocenters. The molecule has 0 fully saturated rings. The zero-order chi connectivity index (χ0) is 20.5. The van der Waals surface area contributed by atoms with Crippen LogP contribution in [0, 0.1) is 0 Å². The average Bonchev–Trinajstić information content (AvgIpc) is 3.20. The van der Waals surface area contributed by atoms with E-state index in [-0.39, 0.29) is 0 Å². The highest BCUT2D eigenvalue weighted by Crippen LogP contribution is 2.29. The van der Waals surface area contributed by atoms with Gasteiger partial charge in [0.05, 0.1) is 20.3 Å². The van der Waals surface area contributed by atoms with E-state index in [2.05, 4.69) is 27.8 Å². The van der Waals surface area contributed by atoms with Gasteiger partial charge in [0, 0.05) is 35.3 Å². The lowest BCUT2D eigenvalue weighted by Gasteiger charge is -2.15. The molecule has 154 valence electrons. The highest BCUT2D eigenvalue weighted by atomic mass is 32.1. The molecule has 1 aromatic heterocycles. The number of hydrogen-bond acceptors (Lipinski definition) is 5. The summed E-state index contributed by atoms with van der Waals surface area (Å²) in [6.07, 6.45) is -0.590. The Morgan fingerprint density at radius 1 is 1.14 bits per heavy atom. The second kappa shape index (κ2) is 10.8. The molecule has 0 spiro atoms. The number of fused-ring (bicyclic) bond motifs is 1. The molecule has 2 aromatic carbocycles. The lowest BCUT2D eigenvalue weighted by atomic mass is 10.2. The summed E-state index contributed by atoms with van der Waals surface area (Å²) in [6.45, 7) is 2.00. The van der Waals surface area contributed by atoms with Gasteiger partial charge in [-0.15, -0.1) is 11.3 Å². The molecule has 0 amide bonds. The molecule has 0 aliphatic carbocycles. The first-order chi connectivity index (χ1) is 14.2. The third-order valence-electron chi connectivity index (χ3n) is 4.45. The molecule has 3 aromatic rings. The summed E-state index contributed by atoms with van der Waals surface area (Å²) in [7, 11) is 3.36. The predicted octanol–water partition coefficient (Wildman–Crippen LogP) is 3.33. The fourth-order valence-electron chi connectivity index (χ4n) is 2.93. The van der Waals surface area contributed by atoms with Crippen molar-refractivity contribution in [3.05, 3.63) is 65.0 Å². The molecule has 29 heavy (non-hydrogen) atoms. The molecule has 0 aliphatic heterocycles. The van der Waals surface area contributed by atoms with Crippen LogP contribution in [0.5, 0.6) is 5.75 Å². The van der Waals surface area contributed by atoms with Crippen LogP contribution in [0.3, 0.4) is 0 Å². The molecule has 0 bridgehead atoms. The molecule has 0 saturated carbocycles. The monoisotopic (exact) mass is 413 g/mol. The van der Waals surface area contributed by atoms with Crippen molar-refractivity contribution in [2.75, 3.05) is 33.9 Å². The first-order valence-corrected chi connectivity index (χ1v) is 10.3. The SMILES string of the molecule is CN=C(NCCOCc1ccccc1OC)NCC(O)c1cc2ccccc2s1. The van der Waals surface area contributed by atoms with Gasteiger partial charge in [-0.2, -0.15) is 0 Å². The third-order valence-corrected chi connectivity index (χ3v) is 5.67. The highest BCUT2D eigenvalue weighted by molar-refractivity contribution is 7.19. The van der Waals surface area contributed by atoms with Crippen molar-refractivity contribution in [2.45, 2.75) is 12.7 Å². The topological polar surface area (TPSA) is 75.1 Å². The lowest BCUT2D eigenvalue weighted by molar-refractivity contribution is 0.123. The number of hydrogen-bond donors (Lipinski definition) is 3. The van der Waals surface area contributed by atoms with Gasteiger partial charge in [-0.1, -0.05) is 36.4 Å². The quantitative estimate of drug-likeness (QED) is 0.285. The van der Waals surface area contributed by atoms with Gasteiger partial charge in [-0.3, -0.25) is 4.99 Å². The van der Waals surface area contributed by atoms with Crippen molar-refractivity contribution >= 4 is 27.4 Å². The van der Waals surface area contributed by atoms with E-state index < -0.39 is 6.10 Å². The fourth-order valence-corrected chi connectivity index (χ4v) is 3.98. The number of benzene rings is 2. The Hall–Kier alpha value is -2.61. The lowest BCUT2D eigenvalue weighted by Crippen LogP contribution is -2.40. The van der Waals surface area contributed by atoms with E-state index in [9.17, 15) is 5.11 Å². The summed E-state index contributed by atoms with van der Waals surface area (Å²) in [6, 6.07) is 18.0. The van der Waals surface area contributed by atoms with E-state index in [1.807, 2.05) is 42.5 Å². The minimum atomic E-state index is -0.590. The van der Waals surface area contributed by atoms with Gasteiger partial charge in [0.15, 0.2) is 5.96 Å². The number of thiophene rings is 1. The number of aliphatic hydroxyl groups is 1. The van der Waals surface area contributed by atoms with Gasteiger partial charge in [0.2, 0.25) is 0 Å². The van der Waals surface area contributed by atoms with E-state index in [0.717, 1.165) is 21.6 Å². The van der Waals surface area contributed by atoms with E-state index in [1.54, 1.807) is 25.5 Å². The molecule has 0 saturated heterocycles. The Morgan fingerprint density at radius 3 is 2.72 bits per heavy atom. The summed E-state index contributed by atoms with van der Waals surface area (Å²) in [5, 5.41) is 18.0.